The molecule has 0 bridgehead atoms. The van der Waals surface area contributed by atoms with Gasteiger partial charge in [-0.15, -0.1) is 0 Å². The van der Waals surface area contributed by atoms with Crippen molar-refractivity contribution in [3.63, 3.8) is 0 Å². The smallest absolute Gasteiger partial charge is 0.263 e. The van der Waals surface area contributed by atoms with E-state index in [4.69, 9.17) is 5.26 Å². The van der Waals surface area contributed by atoms with Crippen LogP contribution >= 0.6 is 0 Å². The molecule has 2 rings (SSSR count). The molecule has 0 saturated heterocycles. The number of hydrogen-bond donors (Lipinski definition) is 2. The van der Waals surface area contributed by atoms with Crippen LogP contribution in [-0.2, 0) is 10.0 Å². The highest BCUT2D eigenvalue weighted by molar-refractivity contribution is 7.92. The van der Waals surface area contributed by atoms with E-state index in [2.05, 4.69) is 14.9 Å². The summed E-state index contributed by atoms with van der Waals surface area (Å²) in [5.41, 5.74) is 2.62. The first kappa shape index (κ1) is 14.1. The van der Waals surface area contributed by atoms with Crippen LogP contribution in [0.1, 0.15) is 22.4 Å². The van der Waals surface area contributed by atoms with Crippen LogP contribution in [0, 0.1) is 32.1 Å². The fraction of sp³-hybridized carbons (Fsp3) is 0.231. The summed E-state index contributed by atoms with van der Waals surface area (Å²) in [4.78, 5) is 0.106. The minimum Gasteiger partial charge on any atom is -0.280 e. The van der Waals surface area contributed by atoms with E-state index in [9.17, 15) is 8.42 Å². The molecule has 6 nitrogen and oxygen atoms in total. The molecular weight excluding hydrogens is 276 g/mol. The molecule has 0 fully saturated rings. The Balaban J connectivity index is 2.39. The third kappa shape index (κ3) is 2.51. The average Bonchev–Trinajstić information content (AvgIpc) is 2.70. The van der Waals surface area contributed by atoms with Crippen LogP contribution in [0.2, 0.25) is 0 Å². The number of aromatic amines is 1. The Morgan fingerprint density at radius 3 is 2.50 bits per heavy atom. The fourth-order valence-electron chi connectivity index (χ4n) is 1.70. The van der Waals surface area contributed by atoms with Gasteiger partial charge in [-0.3, -0.25) is 9.82 Å². The van der Waals surface area contributed by atoms with Crippen LogP contribution in [0.25, 0.3) is 0 Å². The lowest BCUT2D eigenvalue weighted by molar-refractivity contribution is 0.601. The Kier molecular flexibility index (Phi) is 3.51. The highest BCUT2D eigenvalue weighted by Crippen LogP contribution is 2.20. The first-order valence-electron chi connectivity index (χ1n) is 5.90. The highest BCUT2D eigenvalue weighted by Gasteiger charge is 2.18. The van der Waals surface area contributed by atoms with Crippen LogP contribution < -0.4 is 4.72 Å². The third-order valence-corrected chi connectivity index (χ3v) is 4.45. The predicted molar refractivity (Wildman–Crippen MR) is 74.8 cm³/mol. The van der Waals surface area contributed by atoms with Crippen molar-refractivity contribution in [2.45, 2.75) is 25.7 Å². The van der Waals surface area contributed by atoms with Crippen LogP contribution in [-0.4, -0.2) is 18.6 Å². The third-order valence-electron chi connectivity index (χ3n) is 3.11. The Morgan fingerprint density at radius 2 is 2.00 bits per heavy atom. The number of rotatable bonds is 3. The summed E-state index contributed by atoms with van der Waals surface area (Å²) in [6, 6.07) is 6.37. The highest BCUT2D eigenvalue weighted by atomic mass is 32.2. The number of nitriles is 1. The number of anilines is 1. The molecule has 1 aromatic heterocycles. The van der Waals surface area contributed by atoms with Gasteiger partial charge in [0.05, 0.1) is 16.5 Å². The second-order valence-corrected chi connectivity index (χ2v) is 6.20. The zero-order valence-electron chi connectivity index (χ0n) is 11.4. The molecule has 1 heterocycles. The maximum Gasteiger partial charge on any atom is 0.263 e. The van der Waals surface area contributed by atoms with Crippen molar-refractivity contribution in [1.29, 1.82) is 5.26 Å². The van der Waals surface area contributed by atoms with Gasteiger partial charge in [0.2, 0.25) is 0 Å². The second-order valence-electron chi connectivity index (χ2n) is 4.52. The lowest BCUT2D eigenvalue weighted by Gasteiger charge is -2.07. The van der Waals surface area contributed by atoms with Gasteiger partial charge in [0.15, 0.2) is 5.82 Å². The maximum absolute atomic E-state index is 12.3. The van der Waals surface area contributed by atoms with Crippen LogP contribution in [0.15, 0.2) is 23.1 Å². The first-order valence-corrected chi connectivity index (χ1v) is 7.38. The molecule has 0 radical (unpaired) electrons. The van der Waals surface area contributed by atoms with E-state index < -0.39 is 10.0 Å². The number of aromatic nitrogens is 2. The molecular formula is C13H14N4O2S. The summed E-state index contributed by atoms with van der Waals surface area (Å²) in [5, 5.41) is 15.5. The predicted octanol–water partition coefficient (Wildman–Crippen LogP) is 2.01. The number of aryl methyl sites for hydroxylation is 2. The van der Waals surface area contributed by atoms with Gasteiger partial charge in [-0.05, 0) is 44.5 Å². The first-order chi connectivity index (χ1) is 9.35. The fourth-order valence-corrected chi connectivity index (χ4v) is 2.85. The maximum atomic E-state index is 12.3. The van der Waals surface area contributed by atoms with Crippen molar-refractivity contribution in [3.05, 3.63) is 40.6 Å². The minimum absolute atomic E-state index is 0.106. The van der Waals surface area contributed by atoms with E-state index in [1.165, 1.54) is 18.2 Å². The van der Waals surface area contributed by atoms with Crippen molar-refractivity contribution in [2.75, 3.05) is 4.72 Å². The van der Waals surface area contributed by atoms with Crippen LogP contribution in [0.5, 0.6) is 0 Å². The molecule has 2 N–H and O–H groups in total. The molecule has 0 aliphatic heterocycles. The number of H-pyrrole nitrogens is 1. The molecule has 20 heavy (non-hydrogen) atoms. The summed E-state index contributed by atoms with van der Waals surface area (Å²) in [6.07, 6.45) is 0. The standard InChI is InChI=1S/C13H14N4O2S/c1-8-6-12(5-4-11(8)7-14)20(18,19)17-13-9(2)10(3)15-16-13/h4-6H,1-3H3,(H2,15,16,17). The number of sulfonamides is 1. The largest absolute Gasteiger partial charge is 0.280 e. The zero-order chi connectivity index (χ0) is 14.9. The van der Waals surface area contributed by atoms with Gasteiger partial charge >= 0.3 is 0 Å². The molecule has 104 valence electrons. The van der Waals surface area contributed by atoms with Crippen molar-refractivity contribution in [1.82, 2.24) is 10.2 Å². The summed E-state index contributed by atoms with van der Waals surface area (Å²) in [6.45, 7) is 5.29. The normalized spacial score (nSPS) is 11.1. The Labute approximate surface area is 117 Å². The van der Waals surface area contributed by atoms with Crippen LogP contribution in [0.3, 0.4) is 0 Å². The summed E-state index contributed by atoms with van der Waals surface area (Å²) < 4.78 is 27.0. The number of hydrogen-bond acceptors (Lipinski definition) is 4. The molecule has 0 unspecified atom stereocenters. The second kappa shape index (κ2) is 4.98. The Bertz CT molecular complexity index is 800. The minimum atomic E-state index is -3.71. The molecule has 0 aliphatic carbocycles. The lowest BCUT2D eigenvalue weighted by atomic mass is 10.1. The van der Waals surface area contributed by atoms with Gasteiger partial charge in [0, 0.05) is 11.3 Å². The quantitative estimate of drug-likeness (QED) is 0.903. The molecule has 1 aromatic carbocycles. The van der Waals surface area contributed by atoms with E-state index in [1.54, 1.807) is 13.8 Å². The molecule has 7 heteroatoms. The summed E-state index contributed by atoms with van der Waals surface area (Å²) in [7, 11) is -3.71. The SMILES string of the molecule is Cc1cc(S(=O)(=O)Nc2n[nH]c(C)c2C)ccc1C#N. The van der Waals surface area contributed by atoms with Crippen LogP contribution in [0.4, 0.5) is 5.82 Å². The van der Waals surface area contributed by atoms with E-state index in [0.717, 1.165) is 11.3 Å². The molecule has 0 aliphatic rings. The Hall–Kier alpha value is -2.33. The number of benzene rings is 1. The van der Waals surface area contributed by atoms with Gasteiger partial charge in [0.25, 0.3) is 10.0 Å². The summed E-state index contributed by atoms with van der Waals surface area (Å²) >= 11 is 0. The monoisotopic (exact) mass is 290 g/mol. The number of nitrogens with zero attached hydrogens (tertiary/aromatic N) is 2. The van der Waals surface area contributed by atoms with Crippen molar-refractivity contribution >= 4 is 15.8 Å². The average molecular weight is 290 g/mol. The zero-order valence-corrected chi connectivity index (χ0v) is 12.2. The van der Waals surface area contributed by atoms with Gasteiger partial charge in [0.1, 0.15) is 0 Å². The van der Waals surface area contributed by atoms with Crippen molar-refractivity contribution in [2.24, 2.45) is 0 Å². The van der Waals surface area contributed by atoms with Gasteiger partial charge in [-0.2, -0.15) is 10.4 Å². The lowest BCUT2D eigenvalue weighted by Crippen LogP contribution is -2.14. The molecule has 0 saturated carbocycles. The number of nitrogens with one attached hydrogen (secondary N) is 2. The molecule has 0 atom stereocenters. The van der Waals surface area contributed by atoms with Gasteiger partial charge < -0.3 is 0 Å². The molecule has 2 aromatic rings. The molecule has 0 spiro atoms. The van der Waals surface area contributed by atoms with E-state index >= 15 is 0 Å². The van der Waals surface area contributed by atoms with Gasteiger partial charge in [-0.25, -0.2) is 8.42 Å². The van der Waals surface area contributed by atoms with Crippen molar-refractivity contribution < 1.29 is 8.42 Å². The van der Waals surface area contributed by atoms with Gasteiger partial charge in [-0.1, -0.05) is 0 Å². The molecule has 0 amide bonds. The van der Waals surface area contributed by atoms with E-state index in [0.29, 0.717) is 11.1 Å². The topological polar surface area (TPSA) is 98.6 Å². The summed E-state index contributed by atoms with van der Waals surface area (Å²) in [5.74, 6) is 0.282. The van der Waals surface area contributed by atoms with E-state index in [1.807, 2.05) is 13.0 Å². The van der Waals surface area contributed by atoms with Crippen molar-refractivity contribution in [3.8, 4) is 6.07 Å². The Morgan fingerprint density at radius 1 is 1.30 bits per heavy atom. The van der Waals surface area contributed by atoms with E-state index in [-0.39, 0.29) is 10.7 Å².